The molecule has 12 heavy (non-hydrogen) atoms. The number of hydrazine groups is 1. The van der Waals surface area contributed by atoms with Crippen LogP contribution in [0.15, 0.2) is 0 Å². The summed E-state index contributed by atoms with van der Waals surface area (Å²) in [6.07, 6.45) is 9.91. The molecular formula is C10H20N2. The first kappa shape index (κ1) is 8.52. The van der Waals surface area contributed by atoms with Crippen molar-refractivity contribution in [2.75, 3.05) is 0 Å². The summed E-state index contributed by atoms with van der Waals surface area (Å²) in [6, 6.07) is 0.629. The molecule has 2 rings (SSSR count). The Morgan fingerprint density at radius 3 is 2.50 bits per heavy atom. The largest absolute Gasteiger partial charge is 0.271 e. The molecule has 0 aromatic carbocycles. The smallest absolute Gasteiger partial charge is 0.0241 e. The number of hydrogen-bond acceptors (Lipinski definition) is 2. The maximum atomic E-state index is 5.56. The summed E-state index contributed by atoms with van der Waals surface area (Å²) in [5, 5.41) is 0. The summed E-state index contributed by atoms with van der Waals surface area (Å²) in [7, 11) is 0. The Balaban J connectivity index is 1.99. The van der Waals surface area contributed by atoms with E-state index in [2.05, 4.69) is 5.43 Å². The van der Waals surface area contributed by atoms with Crippen LogP contribution in [-0.2, 0) is 0 Å². The van der Waals surface area contributed by atoms with Crippen molar-refractivity contribution in [3.8, 4) is 0 Å². The molecule has 2 saturated carbocycles. The first-order chi connectivity index (χ1) is 5.92. The van der Waals surface area contributed by atoms with Crippen molar-refractivity contribution in [3.05, 3.63) is 0 Å². The van der Waals surface area contributed by atoms with Crippen LogP contribution in [0.5, 0.6) is 0 Å². The molecule has 0 saturated heterocycles. The van der Waals surface area contributed by atoms with Gasteiger partial charge < -0.3 is 0 Å². The predicted octanol–water partition coefficient (Wildman–Crippen LogP) is 1.81. The van der Waals surface area contributed by atoms with Gasteiger partial charge in [0.1, 0.15) is 0 Å². The summed E-state index contributed by atoms with van der Waals surface area (Å²) in [4.78, 5) is 0. The van der Waals surface area contributed by atoms with Gasteiger partial charge in [0.25, 0.3) is 0 Å². The van der Waals surface area contributed by atoms with E-state index >= 15 is 0 Å². The molecule has 0 amide bonds. The summed E-state index contributed by atoms with van der Waals surface area (Å²) >= 11 is 0. The SMILES string of the molecule is NN[C@@H]1CCC[C@@H]2CCCC[C@H]21. The maximum Gasteiger partial charge on any atom is 0.0241 e. The topological polar surface area (TPSA) is 38.0 Å². The number of nitrogens with two attached hydrogens (primary N) is 1. The fraction of sp³-hybridized carbons (Fsp3) is 1.00. The van der Waals surface area contributed by atoms with E-state index < -0.39 is 0 Å². The van der Waals surface area contributed by atoms with Crippen LogP contribution in [-0.4, -0.2) is 6.04 Å². The van der Waals surface area contributed by atoms with Crippen LogP contribution in [0.1, 0.15) is 44.9 Å². The van der Waals surface area contributed by atoms with Gasteiger partial charge in [-0.1, -0.05) is 32.1 Å². The highest BCUT2D eigenvalue weighted by molar-refractivity contribution is 4.87. The van der Waals surface area contributed by atoms with Crippen LogP contribution >= 0.6 is 0 Å². The normalized spacial score (nSPS) is 42.2. The molecule has 0 aliphatic heterocycles. The maximum absolute atomic E-state index is 5.56. The molecule has 2 fully saturated rings. The molecule has 0 heterocycles. The first-order valence-electron chi connectivity index (χ1n) is 5.38. The van der Waals surface area contributed by atoms with E-state index in [4.69, 9.17) is 5.84 Å². The average Bonchev–Trinajstić information content (AvgIpc) is 2.17. The van der Waals surface area contributed by atoms with Crippen LogP contribution in [0, 0.1) is 11.8 Å². The number of nitrogens with one attached hydrogen (secondary N) is 1. The van der Waals surface area contributed by atoms with Crippen LogP contribution in [0.4, 0.5) is 0 Å². The lowest BCUT2D eigenvalue weighted by molar-refractivity contribution is 0.126. The minimum atomic E-state index is 0.629. The monoisotopic (exact) mass is 168 g/mol. The van der Waals surface area contributed by atoms with Crippen molar-refractivity contribution in [1.82, 2.24) is 5.43 Å². The third-order valence-corrected chi connectivity index (χ3v) is 3.79. The molecular weight excluding hydrogens is 148 g/mol. The predicted molar refractivity (Wildman–Crippen MR) is 50.4 cm³/mol. The molecule has 0 aromatic rings. The fourth-order valence-corrected chi connectivity index (χ4v) is 3.15. The van der Waals surface area contributed by atoms with Gasteiger partial charge in [0.15, 0.2) is 0 Å². The lowest BCUT2D eigenvalue weighted by Gasteiger charge is -2.41. The van der Waals surface area contributed by atoms with Gasteiger partial charge >= 0.3 is 0 Å². The number of rotatable bonds is 1. The molecule has 70 valence electrons. The Kier molecular flexibility index (Phi) is 2.66. The standard InChI is InChI=1S/C10H20N2/c11-12-10-7-3-5-8-4-1-2-6-9(8)10/h8-10,12H,1-7,11H2/t8-,9+,10+/m0/s1. The molecule has 0 unspecified atom stereocenters. The zero-order valence-corrected chi connectivity index (χ0v) is 7.76. The fourth-order valence-electron chi connectivity index (χ4n) is 3.15. The second-order valence-electron chi connectivity index (χ2n) is 4.41. The Morgan fingerprint density at radius 1 is 0.917 bits per heavy atom. The van der Waals surface area contributed by atoms with E-state index in [1.807, 2.05) is 0 Å². The molecule has 0 aromatic heterocycles. The van der Waals surface area contributed by atoms with Crippen molar-refractivity contribution in [3.63, 3.8) is 0 Å². The number of fused-ring (bicyclic) bond motifs is 1. The van der Waals surface area contributed by atoms with Crippen molar-refractivity contribution in [1.29, 1.82) is 0 Å². The van der Waals surface area contributed by atoms with E-state index in [1.165, 1.54) is 44.9 Å². The Bertz CT molecular complexity index is 138. The van der Waals surface area contributed by atoms with Crippen LogP contribution in [0.25, 0.3) is 0 Å². The first-order valence-corrected chi connectivity index (χ1v) is 5.38. The molecule has 2 heteroatoms. The third-order valence-electron chi connectivity index (χ3n) is 3.79. The second-order valence-corrected chi connectivity index (χ2v) is 4.41. The van der Waals surface area contributed by atoms with Gasteiger partial charge in [-0.3, -0.25) is 11.3 Å². The van der Waals surface area contributed by atoms with Gasteiger partial charge in [-0.25, -0.2) is 0 Å². The van der Waals surface area contributed by atoms with E-state index in [-0.39, 0.29) is 0 Å². The van der Waals surface area contributed by atoms with Crippen molar-refractivity contribution < 1.29 is 0 Å². The molecule has 2 aliphatic rings. The molecule has 0 spiro atoms. The quantitative estimate of drug-likeness (QED) is 0.463. The van der Waals surface area contributed by atoms with Crippen LogP contribution in [0.3, 0.4) is 0 Å². The van der Waals surface area contributed by atoms with Gasteiger partial charge in [0, 0.05) is 6.04 Å². The highest BCUT2D eigenvalue weighted by Crippen LogP contribution is 2.40. The summed E-state index contributed by atoms with van der Waals surface area (Å²) in [5.41, 5.74) is 3.00. The minimum absolute atomic E-state index is 0.629. The third kappa shape index (κ3) is 1.50. The summed E-state index contributed by atoms with van der Waals surface area (Å²) < 4.78 is 0. The van der Waals surface area contributed by atoms with Crippen molar-refractivity contribution in [2.45, 2.75) is 51.0 Å². The second kappa shape index (κ2) is 3.75. The molecule has 0 bridgehead atoms. The van der Waals surface area contributed by atoms with Gasteiger partial charge in [-0.2, -0.15) is 0 Å². The van der Waals surface area contributed by atoms with Crippen molar-refractivity contribution >= 4 is 0 Å². The lowest BCUT2D eigenvalue weighted by atomic mass is 9.68. The van der Waals surface area contributed by atoms with Crippen molar-refractivity contribution in [2.24, 2.45) is 17.7 Å². The lowest BCUT2D eigenvalue weighted by Crippen LogP contribution is -2.46. The zero-order valence-electron chi connectivity index (χ0n) is 7.76. The zero-order chi connectivity index (χ0) is 8.39. The summed E-state index contributed by atoms with van der Waals surface area (Å²) in [5.74, 6) is 7.45. The minimum Gasteiger partial charge on any atom is -0.271 e. The highest BCUT2D eigenvalue weighted by Gasteiger charge is 2.33. The Hall–Kier alpha value is -0.0800. The Labute approximate surface area is 74.9 Å². The van der Waals surface area contributed by atoms with E-state index in [0.717, 1.165) is 11.8 Å². The van der Waals surface area contributed by atoms with E-state index in [9.17, 15) is 0 Å². The van der Waals surface area contributed by atoms with Gasteiger partial charge in [-0.05, 0) is 24.7 Å². The number of hydrogen-bond donors (Lipinski definition) is 2. The molecule has 3 atom stereocenters. The molecule has 0 radical (unpaired) electrons. The highest BCUT2D eigenvalue weighted by atomic mass is 15.2. The van der Waals surface area contributed by atoms with E-state index in [1.54, 1.807) is 0 Å². The molecule has 3 N–H and O–H groups in total. The van der Waals surface area contributed by atoms with Crippen LogP contribution in [0.2, 0.25) is 0 Å². The van der Waals surface area contributed by atoms with Gasteiger partial charge in [0.05, 0.1) is 0 Å². The van der Waals surface area contributed by atoms with Gasteiger partial charge in [0.2, 0.25) is 0 Å². The Morgan fingerprint density at radius 2 is 1.67 bits per heavy atom. The van der Waals surface area contributed by atoms with E-state index in [0.29, 0.717) is 6.04 Å². The molecule has 2 nitrogen and oxygen atoms in total. The molecule has 2 aliphatic carbocycles. The van der Waals surface area contributed by atoms with Crippen LogP contribution < -0.4 is 11.3 Å². The average molecular weight is 168 g/mol. The van der Waals surface area contributed by atoms with Gasteiger partial charge in [-0.15, -0.1) is 0 Å². The summed E-state index contributed by atoms with van der Waals surface area (Å²) in [6.45, 7) is 0.